The van der Waals surface area contributed by atoms with Crippen LogP contribution >= 0.6 is 0 Å². The van der Waals surface area contributed by atoms with Gasteiger partial charge in [0.15, 0.2) is 0 Å². The Hall–Kier alpha value is -1.35. The number of nitrogens with one attached hydrogen (secondary N) is 2. The largest absolute Gasteiger partial charge is 0.352 e. The highest BCUT2D eigenvalue weighted by Crippen LogP contribution is 2.13. The van der Waals surface area contributed by atoms with Gasteiger partial charge < -0.3 is 10.6 Å². The van der Waals surface area contributed by atoms with Gasteiger partial charge in [-0.2, -0.15) is 0 Å². The summed E-state index contributed by atoms with van der Waals surface area (Å²) < 4.78 is 0. The van der Waals surface area contributed by atoms with Crippen molar-refractivity contribution in [1.82, 2.24) is 10.6 Å². The van der Waals surface area contributed by atoms with Crippen LogP contribution in [0.15, 0.2) is 24.3 Å². The van der Waals surface area contributed by atoms with Gasteiger partial charge in [-0.1, -0.05) is 29.8 Å². The number of carbonyl (C=O) groups excluding carboxylic acids is 1. The van der Waals surface area contributed by atoms with E-state index in [9.17, 15) is 4.79 Å². The van der Waals surface area contributed by atoms with Crippen LogP contribution in [0.3, 0.4) is 0 Å². The molecule has 3 nitrogen and oxygen atoms in total. The van der Waals surface area contributed by atoms with Gasteiger partial charge in [-0.15, -0.1) is 0 Å². The Morgan fingerprint density at radius 1 is 1.37 bits per heavy atom. The summed E-state index contributed by atoms with van der Waals surface area (Å²) in [6, 6.07) is 9.31. The molecule has 0 radical (unpaired) electrons. The fraction of sp³-hybridized carbons (Fsp3) is 0.562. The Balaban J connectivity index is 1.87. The molecule has 1 aliphatic rings. The van der Waals surface area contributed by atoms with Crippen LogP contribution < -0.4 is 10.6 Å². The highest BCUT2D eigenvalue weighted by Gasteiger charge is 2.25. The molecule has 1 saturated heterocycles. The zero-order valence-electron chi connectivity index (χ0n) is 12.1. The lowest BCUT2D eigenvalue weighted by atomic mass is 9.95. The quantitative estimate of drug-likeness (QED) is 0.874. The molecule has 104 valence electrons. The van der Waals surface area contributed by atoms with Gasteiger partial charge in [0.1, 0.15) is 0 Å². The highest BCUT2D eigenvalue weighted by molar-refractivity contribution is 5.79. The summed E-state index contributed by atoms with van der Waals surface area (Å²) in [5, 5.41) is 6.65. The lowest BCUT2D eigenvalue weighted by Gasteiger charge is -2.34. The van der Waals surface area contributed by atoms with E-state index in [1.807, 2.05) is 12.1 Å². The number of piperidine rings is 1. The zero-order valence-corrected chi connectivity index (χ0v) is 12.1. The molecule has 0 bridgehead atoms. The number of hydrogen-bond acceptors (Lipinski definition) is 2. The fourth-order valence-corrected chi connectivity index (χ4v) is 2.79. The molecule has 2 N–H and O–H groups in total. The number of aryl methyl sites for hydroxylation is 1. The van der Waals surface area contributed by atoms with Crippen molar-refractivity contribution >= 4 is 5.91 Å². The molecule has 1 fully saturated rings. The molecule has 1 aliphatic heterocycles. The number of amides is 1. The third-order valence-corrected chi connectivity index (χ3v) is 3.86. The summed E-state index contributed by atoms with van der Waals surface area (Å²) in [6.45, 7) is 6.39. The van der Waals surface area contributed by atoms with Crippen molar-refractivity contribution in [3.63, 3.8) is 0 Å². The fourth-order valence-electron chi connectivity index (χ4n) is 2.79. The van der Waals surface area contributed by atoms with E-state index in [4.69, 9.17) is 0 Å². The second-order valence-corrected chi connectivity index (χ2v) is 5.77. The first kappa shape index (κ1) is 14.1. The molecule has 1 aromatic rings. The molecule has 0 aromatic heterocycles. The molecule has 1 heterocycles. The molecule has 3 heteroatoms. The Morgan fingerprint density at radius 2 is 2.16 bits per heavy atom. The predicted molar refractivity (Wildman–Crippen MR) is 78.1 cm³/mol. The van der Waals surface area contributed by atoms with Crippen LogP contribution in [0.25, 0.3) is 0 Å². The number of benzene rings is 1. The van der Waals surface area contributed by atoms with E-state index < -0.39 is 0 Å². The van der Waals surface area contributed by atoms with E-state index in [-0.39, 0.29) is 11.9 Å². The summed E-state index contributed by atoms with van der Waals surface area (Å²) in [4.78, 5) is 12.1. The highest BCUT2D eigenvalue weighted by atomic mass is 16.1. The molecule has 3 atom stereocenters. The van der Waals surface area contributed by atoms with Crippen LogP contribution in [-0.2, 0) is 11.2 Å². The first-order chi connectivity index (χ1) is 9.04. The molecular weight excluding hydrogens is 236 g/mol. The second-order valence-electron chi connectivity index (χ2n) is 5.77. The molecule has 0 spiro atoms. The third kappa shape index (κ3) is 4.06. The predicted octanol–water partition coefficient (Wildman–Crippen LogP) is 2.18. The molecule has 3 unspecified atom stereocenters. The van der Waals surface area contributed by atoms with Crippen LogP contribution in [0.5, 0.6) is 0 Å². The minimum absolute atomic E-state index is 0.124. The lowest BCUT2D eigenvalue weighted by Crippen LogP contribution is -2.55. The monoisotopic (exact) mass is 260 g/mol. The van der Waals surface area contributed by atoms with Crippen LogP contribution in [0.2, 0.25) is 0 Å². The molecule has 19 heavy (non-hydrogen) atoms. The molecule has 2 rings (SSSR count). The molecule has 1 aromatic carbocycles. The molecule has 1 amide bonds. The maximum atomic E-state index is 12.1. The van der Waals surface area contributed by atoms with Gasteiger partial charge in [0.05, 0.1) is 6.42 Å². The maximum Gasteiger partial charge on any atom is 0.224 e. The van der Waals surface area contributed by atoms with E-state index in [0.29, 0.717) is 18.5 Å². The summed E-state index contributed by atoms with van der Waals surface area (Å²) in [6.07, 6.45) is 2.66. The Morgan fingerprint density at radius 3 is 2.84 bits per heavy atom. The van der Waals surface area contributed by atoms with Crippen LogP contribution in [0.1, 0.15) is 37.8 Å². The van der Waals surface area contributed by atoms with E-state index in [2.05, 4.69) is 43.5 Å². The standard InChI is InChI=1S/C16H24N2O/c1-11-5-4-6-14(9-11)10-16(19)18-15-8-7-12(2)17-13(15)3/h4-6,9,12-13,15,17H,7-8,10H2,1-3H3,(H,18,19). The zero-order chi connectivity index (χ0) is 13.8. The Labute approximate surface area is 115 Å². The maximum absolute atomic E-state index is 12.1. The summed E-state index contributed by atoms with van der Waals surface area (Å²) in [5.74, 6) is 0.124. The van der Waals surface area contributed by atoms with E-state index in [0.717, 1.165) is 18.4 Å². The summed E-state index contributed by atoms with van der Waals surface area (Å²) in [7, 11) is 0. The van der Waals surface area contributed by atoms with Crippen molar-refractivity contribution in [3.8, 4) is 0 Å². The minimum Gasteiger partial charge on any atom is -0.352 e. The first-order valence-electron chi connectivity index (χ1n) is 7.15. The summed E-state index contributed by atoms with van der Waals surface area (Å²) in [5.41, 5.74) is 2.29. The van der Waals surface area contributed by atoms with Gasteiger partial charge in [-0.25, -0.2) is 0 Å². The van der Waals surface area contributed by atoms with E-state index >= 15 is 0 Å². The lowest BCUT2D eigenvalue weighted by molar-refractivity contribution is -0.121. The van der Waals surface area contributed by atoms with Gasteiger partial charge in [-0.3, -0.25) is 4.79 Å². The molecular formula is C16H24N2O. The molecule has 0 saturated carbocycles. The van der Waals surface area contributed by atoms with Crippen molar-refractivity contribution in [2.75, 3.05) is 0 Å². The molecule has 0 aliphatic carbocycles. The van der Waals surface area contributed by atoms with Crippen molar-refractivity contribution in [2.45, 2.75) is 58.2 Å². The number of hydrogen-bond donors (Lipinski definition) is 2. The number of carbonyl (C=O) groups is 1. The average Bonchev–Trinajstić information content (AvgIpc) is 2.33. The van der Waals surface area contributed by atoms with Crippen molar-refractivity contribution in [1.29, 1.82) is 0 Å². The van der Waals surface area contributed by atoms with Gasteiger partial charge in [0, 0.05) is 18.1 Å². The topological polar surface area (TPSA) is 41.1 Å². The van der Waals surface area contributed by atoms with Crippen molar-refractivity contribution in [3.05, 3.63) is 35.4 Å². The van der Waals surface area contributed by atoms with Gasteiger partial charge >= 0.3 is 0 Å². The summed E-state index contributed by atoms with van der Waals surface area (Å²) >= 11 is 0. The van der Waals surface area contributed by atoms with E-state index in [1.54, 1.807) is 0 Å². The Kier molecular flexibility index (Phi) is 4.59. The SMILES string of the molecule is Cc1cccc(CC(=O)NC2CCC(C)NC2C)c1. The minimum atomic E-state index is 0.124. The first-order valence-corrected chi connectivity index (χ1v) is 7.15. The van der Waals surface area contributed by atoms with Crippen LogP contribution in [-0.4, -0.2) is 24.0 Å². The van der Waals surface area contributed by atoms with Crippen LogP contribution in [0, 0.1) is 6.92 Å². The smallest absolute Gasteiger partial charge is 0.224 e. The van der Waals surface area contributed by atoms with Gasteiger partial charge in [0.2, 0.25) is 5.91 Å². The third-order valence-electron chi connectivity index (χ3n) is 3.86. The average molecular weight is 260 g/mol. The van der Waals surface area contributed by atoms with Crippen molar-refractivity contribution < 1.29 is 4.79 Å². The van der Waals surface area contributed by atoms with Crippen molar-refractivity contribution in [2.24, 2.45) is 0 Å². The Bertz CT molecular complexity index is 444. The van der Waals surface area contributed by atoms with Crippen LogP contribution in [0.4, 0.5) is 0 Å². The second kappa shape index (κ2) is 6.20. The normalized spacial score (nSPS) is 27.0. The van der Waals surface area contributed by atoms with Gasteiger partial charge in [0.25, 0.3) is 0 Å². The number of rotatable bonds is 3. The van der Waals surface area contributed by atoms with Gasteiger partial charge in [-0.05, 0) is 39.2 Å². The van der Waals surface area contributed by atoms with E-state index in [1.165, 1.54) is 5.56 Å².